The number of rotatable bonds is 5. The largest absolute Gasteiger partial charge is 0.471 e. The van der Waals surface area contributed by atoms with Crippen molar-refractivity contribution in [2.75, 3.05) is 13.1 Å². The minimum absolute atomic E-state index is 0.101. The lowest BCUT2D eigenvalue weighted by atomic mass is 9.97. The van der Waals surface area contributed by atoms with Crippen molar-refractivity contribution in [3.8, 4) is 5.88 Å². The van der Waals surface area contributed by atoms with Crippen LogP contribution in [0.25, 0.3) is 0 Å². The van der Waals surface area contributed by atoms with Crippen molar-refractivity contribution in [1.29, 1.82) is 0 Å². The molecule has 1 aromatic carbocycles. The van der Waals surface area contributed by atoms with Gasteiger partial charge in [-0.15, -0.1) is 5.10 Å². The van der Waals surface area contributed by atoms with Gasteiger partial charge in [0.05, 0.1) is 17.3 Å². The van der Waals surface area contributed by atoms with Gasteiger partial charge in [-0.1, -0.05) is 23.7 Å². The second-order valence-electron chi connectivity index (χ2n) is 7.71. The third-order valence-corrected chi connectivity index (χ3v) is 5.75. The molecule has 9 heteroatoms. The fourth-order valence-corrected chi connectivity index (χ4v) is 4.22. The molecule has 2 heterocycles. The lowest BCUT2D eigenvalue weighted by molar-refractivity contribution is 0.0736. The van der Waals surface area contributed by atoms with Crippen LogP contribution in [0, 0.1) is 5.82 Å². The molecule has 4 unspecified atom stereocenters. The highest BCUT2D eigenvalue weighted by atomic mass is 35.5. The fraction of sp³-hybridized carbons (Fsp3) is 0.476. The van der Waals surface area contributed by atoms with E-state index in [9.17, 15) is 9.18 Å². The highest BCUT2D eigenvalue weighted by molar-refractivity contribution is 6.30. The first-order chi connectivity index (χ1) is 14.6. The Morgan fingerprint density at radius 2 is 2.10 bits per heavy atom. The van der Waals surface area contributed by atoms with Gasteiger partial charge in [0.25, 0.3) is 0 Å². The van der Waals surface area contributed by atoms with Crippen LogP contribution in [0.5, 0.6) is 5.88 Å². The van der Waals surface area contributed by atoms with Crippen LogP contribution in [0.15, 0.2) is 36.5 Å². The van der Waals surface area contributed by atoms with Crippen molar-refractivity contribution in [2.45, 2.75) is 49.9 Å². The molecule has 0 bridgehead atoms. The Morgan fingerprint density at radius 1 is 1.27 bits per heavy atom. The molecule has 2 fully saturated rings. The van der Waals surface area contributed by atoms with Crippen LogP contribution in [-0.2, 0) is 4.74 Å². The van der Waals surface area contributed by atoms with Crippen LogP contribution in [-0.4, -0.2) is 47.6 Å². The van der Waals surface area contributed by atoms with E-state index in [-0.39, 0.29) is 30.0 Å². The summed E-state index contributed by atoms with van der Waals surface area (Å²) in [5, 5.41) is 14.4. The van der Waals surface area contributed by atoms with Crippen molar-refractivity contribution < 1.29 is 18.7 Å². The molecule has 2 aromatic rings. The van der Waals surface area contributed by atoms with Crippen LogP contribution in [0.4, 0.5) is 9.18 Å². The highest BCUT2D eigenvalue weighted by Crippen LogP contribution is 2.37. The number of aromatic nitrogens is 2. The van der Waals surface area contributed by atoms with Crippen LogP contribution in [0.1, 0.15) is 37.2 Å². The third-order valence-electron chi connectivity index (χ3n) is 5.54. The smallest absolute Gasteiger partial charge is 0.407 e. The van der Waals surface area contributed by atoms with Gasteiger partial charge in [0, 0.05) is 12.6 Å². The van der Waals surface area contributed by atoms with E-state index < -0.39 is 6.09 Å². The van der Waals surface area contributed by atoms with Crippen LogP contribution >= 0.6 is 11.6 Å². The summed E-state index contributed by atoms with van der Waals surface area (Å²) in [4.78, 5) is 12.5. The SMILES string of the molecule is O=C(NC1CC(c2ccc(F)cc2)CC1Oc1cc(Cl)cnn1)OC1CCCNC1. The van der Waals surface area contributed by atoms with Gasteiger partial charge in [-0.05, 0) is 55.8 Å². The van der Waals surface area contributed by atoms with Gasteiger partial charge in [0.2, 0.25) is 5.88 Å². The van der Waals surface area contributed by atoms with Gasteiger partial charge < -0.3 is 20.1 Å². The second kappa shape index (κ2) is 9.57. The number of halogens is 2. The molecule has 4 rings (SSSR count). The first-order valence-corrected chi connectivity index (χ1v) is 10.5. The minimum Gasteiger partial charge on any atom is -0.471 e. The Labute approximate surface area is 179 Å². The Morgan fingerprint density at radius 3 is 2.83 bits per heavy atom. The van der Waals surface area contributed by atoms with Crippen molar-refractivity contribution >= 4 is 17.7 Å². The maximum absolute atomic E-state index is 13.3. The number of nitrogens with one attached hydrogen (secondary N) is 2. The molecule has 0 radical (unpaired) electrons. The molecular weight excluding hydrogens is 411 g/mol. The second-order valence-corrected chi connectivity index (χ2v) is 8.15. The summed E-state index contributed by atoms with van der Waals surface area (Å²) in [5.74, 6) is 0.117. The predicted molar refractivity (Wildman–Crippen MR) is 109 cm³/mol. The molecule has 2 N–H and O–H groups in total. The molecule has 1 saturated heterocycles. The molecule has 4 atom stereocenters. The van der Waals surface area contributed by atoms with E-state index in [1.54, 1.807) is 18.2 Å². The maximum atomic E-state index is 13.3. The van der Waals surface area contributed by atoms with Gasteiger partial charge in [0.15, 0.2) is 0 Å². The van der Waals surface area contributed by atoms with Crippen LogP contribution < -0.4 is 15.4 Å². The number of ether oxygens (including phenoxy) is 2. The molecule has 0 spiro atoms. The molecular formula is C21H24ClFN4O3. The highest BCUT2D eigenvalue weighted by Gasteiger charge is 2.38. The van der Waals surface area contributed by atoms with E-state index in [4.69, 9.17) is 21.1 Å². The molecule has 2 aliphatic rings. The summed E-state index contributed by atoms with van der Waals surface area (Å²) in [7, 11) is 0. The van der Waals surface area contributed by atoms with Crippen molar-refractivity contribution in [3.05, 3.63) is 52.9 Å². The van der Waals surface area contributed by atoms with Crippen molar-refractivity contribution in [1.82, 2.24) is 20.8 Å². The van der Waals surface area contributed by atoms with E-state index in [0.29, 0.717) is 30.3 Å². The molecule has 7 nitrogen and oxygen atoms in total. The van der Waals surface area contributed by atoms with Crippen LogP contribution in [0.3, 0.4) is 0 Å². The Kier molecular flexibility index (Phi) is 6.64. The average Bonchev–Trinajstić information content (AvgIpc) is 3.11. The number of hydrogen-bond acceptors (Lipinski definition) is 6. The molecule has 1 saturated carbocycles. The number of piperidine rings is 1. The number of alkyl carbamates (subject to hydrolysis) is 1. The zero-order chi connectivity index (χ0) is 20.9. The van der Waals surface area contributed by atoms with Gasteiger partial charge >= 0.3 is 6.09 Å². The number of hydrogen-bond donors (Lipinski definition) is 2. The number of nitrogens with zero attached hydrogens (tertiary/aromatic N) is 2. The number of amides is 1. The molecule has 160 valence electrons. The average molecular weight is 435 g/mol. The summed E-state index contributed by atoms with van der Waals surface area (Å²) in [6, 6.07) is 7.72. The summed E-state index contributed by atoms with van der Waals surface area (Å²) < 4.78 is 24.9. The van der Waals surface area contributed by atoms with E-state index in [2.05, 4.69) is 20.8 Å². The summed E-state index contributed by atoms with van der Waals surface area (Å²) in [6.45, 7) is 1.61. The monoisotopic (exact) mass is 434 g/mol. The molecule has 1 aliphatic heterocycles. The van der Waals surface area contributed by atoms with E-state index in [1.807, 2.05) is 0 Å². The van der Waals surface area contributed by atoms with Gasteiger partial charge in [-0.3, -0.25) is 0 Å². The minimum atomic E-state index is -0.459. The standard InChI is InChI=1S/C21H24ClFN4O3/c22-15-10-20(27-25-11-15)30-19-9-14(13-3-5-16(23)6-4-13)8-18(19)26-21(28)29-17-2-1-7-24-12-17/h3-6,10-11,14,17-19,24H,1-2,7-9,12H2,(H,26,28). The molecule has 30 heavy (non-hydrogen) atoms. The van der Waals surface area contributed by atoms with Gasteiger partial charge in [-0.2, -0.15) is 5.10 Å². The summed E-state index contributed by atoms with van der Waals surface area (Å²) >= 11 is 5.99. The Hall–Kier alpha value is -2.45. The van der Waals surface area contributed by atoms with Gasteiger partial charge in [-0.25, -0.2) is 9.18 Å². The van der Waals surface area contributed by atoms with Crippen molar-refractivity contribution in [2.24, 2.45) is 0 Å². The quantitative estimate of drug-likeness (QED) is 0.749. The zero-order valence-electron chi connectivity index (χ0n) is 16.4. The topological polar surface area (TPSA) is 85.4 Å². The molecule has 1 aliphatic carbocycles. The number of benzene rings is 1. The van der Waals surface area contributed by atoms with Crippen LogP contribution in [0.2, 0.25) is 5.02 Å². The Bertz CT molecular complexity index is 864. The summed E-state index contributed by atoms with van der Waals surface area (Å²) in [6.07, 6.45) is 3.60. The van der Waals surface area contributed by atoms with E-state index >= 15 is 0 Å². The third kappa shape index (κ3) is 5.37. The van der Waals surface area contributed by atoms with Crippen molar-refractivity contribution in [3.63, 3.8) is 0 Å². The lowest BCUT2D eigenvalue weighted by Crippen LogP contribution is -2.45. The number of carbonyl (C=O) groups is 1. The first kappa shape index (κ1) is 20.8. The molecule has 1 aromatic heterocycles. The number of carbonyl (C=O) groups excluding carboxylic acids is 1. The Balaban J connectivity index is 1.45. The predicted octanol–water partition coefficient (Wildman–Crippen LogP) is 3.44. The lowest BCUT2D eigenvalue weighted by Gasteiger charge is -2.25. The van der Waals surface area contributed by atoms with E-state index in [0.717, 1.165) is 24.9 Å². The maximum Gasteiger partial charge on any atom is 0.407 e. The van der Waals surface area contributed by atoms with E-state index in [1.165, 1.54) is 18.3 Å². The normalized spacial score (nSPS) is 26.2. The van der Waals surface area contributed by atoms with Gasteiger partial charge in [0.1, 0.15) is 18.0 Å². The fourth-order valence-electron chi connectivity index (χ4n) is 4.08. The zero-order valence-corrected chi connectivity index (χ0v) is 17.1. The summed E-state index contributed by atoms with van der Waals surface area (Å²) in [5.41, 5.74) is 0.997. The molecule has 1 amide bonds. The first-order valence-electron chi connectivity index (χ1n) is 10.1.